The third-order valence-corrected chi connectivity index (χ3v) is 5.51. The van der Waals surface area contributed by atoms with Gasteiger partial charge in [0.05, 0.1) is 43.5 Å². The molecule has 1 aromatic heterocycles. The van der Waals surface area contributed by atoms with Gasteiger partial charge in [0.15, 0.2) is 5.78 Å². The molecule has 0 radical (unpaired) electrons. The van der Waals surface area contributed by atoms with Crippen LogP contribution in [0.3, 0.4) is 0 Å². The third-order valence-electron chi connectivity index (χ3n) is 5.51. The van der Waals surface area contributed by atoms with Gasteiger partial charge in [0, 0.05) is 28.8 Å². The maximum Gasteiger partial charge on any atom is 0.196 e. The maximum atomic E-state index is 13.4. The van der Waals surface area contributed by atoms with Crippen molar-refractivity contribution in [2.24, 2.45) is 0 Å². The SMILES string of the molecule is COc1ccc(-c2c3c(nc4cc(OC)cc(OC)c24)-c2ccccc2C3=O)cc1. The van der Waals surface area contributed by atoms with Crippen molar-refractivity contribution in [3.63, 3.8) is 0 Å². The van der Waals surface area contributed by atoms with Crippen LogP contribution in [0.1, 0.15) is 15.9 Å². The number of carbonyl (C=O) groups is 1. The average Bonchev–Trinajstić information content (AvgIpc) is 3.08. The molecule has 0 bridgehead atoms. The molecule has 0 amide bonds. The number of pyridine rings is 1. The van der Waals surface area contributed by atoms with E-state index in [0.717, 1.165) is 27.8 Å². The van der Waals surface area contributed by atoms with E-state index in [1.165, 1.54) is 0 Å². The number of aromatic nitrogens is 1. The Balaban J connectivity index is 1.94. The van der Waals surface area contributed by atoms with Crippen LogP contribution in [0.15, 0.2) is 60.7 Å². The summed E-state index contributed by atoms with van der Waals surface area (Å²) in [6.07, 6.45) is 0. The number of carbonyl (C=O) groups excluding carboxylic acids is 1. The van der Waals surface area contributed by atoms with E-state index in [4.69, 9.17) is 19.2 Å². The first-order valence-corrected chi connectivity index (χ1v) is 9.54. The zero-order chi connectivity index (χ0) is 20.8. The van der Waals surface area contributed by atoms with Gasteiger partial charge >= 0.3 is 0 Å². The number of fused-ring (bicyclic) bond motifs is 4. The van der Waals surface area contributed by atoms with Gasteiger partial charge in [0.25, 0.3) is 0 Å². The van der Waals surface area contributed by atoms with Crippen LogP contribution in [0.25, 0.3) is 33.3 Å². The maximum absolute atomic E-state index is 13.4. The zero-order valence-corrected chi connectivity index (χ0v) is 16.9. The molecule has 5 nitrogen and oxygen atoms in total. The average molecular weight is 397 g/mol. The predicted octanol–water partition coefficient (Wildman–Crippen LogP) is 5.14. The Morgan fingerprint density at radius 1 is 0.733 bits per heavy atom. The molecule has 1 aliphatic rings. The van der Waals surface area contributed by atoms with Gasteiger partial charge < -0.3 is 14.2 Å². The lowest BCUT2D eigenvalue weighted by atomic mass is 9.93. The molecule has 1 aliphatic carbocycles. The Kier molecular flexibility index (Phi) is 4.17. The summed E-state index contributed by atoms with van der Waals surface area (Å²) in [5.74, 6) is 1.97. The minimum Gasteiger partial charge on any atom is -0.497 e. The standard InChI is InChI=1S/C25H19NO4/c1-28-15-10-8-14(9-11-15)21-22-19(12-16(29-2)13-20(22)30-3)26-24-17-6-4-5-7-18(17)25(27)23(21)24/h4-13H,1-3H3. The molecule has 0 unspecified atom stereocenters. The van der Waals surface area contributed by atoms with Gasteiger partial charge in [0.2, 0.25) is 0 Å². The Morgan fingerprint density at radius 2 is 1.43 bits per heavy atom. The molecule has 0 spiro atoms. The van der Waals surface area contributed by atoms with E-state index >= 15 is 0 Å². The van der Waals surface area contributed by atoms with Gasteiger partial charge in [-0.1, -0.05) is 36.4 Å². The smallest absolute Gasteiger partial charge is 0.196 e. The summed E-state index contributed by atoms with van der Waals surface area (Å²) in [5.41, 5.74) is 5.19. The molecule has 5 heteroatoms. The summed E-state index contributed by atoms with van der Waals surface area (Å²) < 4.78 is 16.5. The van der Waals surface area contributed by atoms with Gasteiger partial charge in [0.1, 0.15) is 17.2 Å². The number of rotatable bonds is 4. The van der Waals surface area contributed by atoms with E-state index in [1.807, 2.05) is 60.7 Å². The number of hydrogen-bond donors (Lipinski definition) is 0. The lowest BCUT2D eigenvalue weighted by Crippen LogP contribution is -2.02. The van der Waals surface area contributed by atoms with Crippen molar-refractivity contribution in [3.8, 4) is 39.6 Å². The fourth-order valence-electron chi connectivity index (χ4n) is 4.10. The van der Waals surface area contributed by atoms with Crippen LogP contribution < -0.4 is 14.2 Å². The third kappa shape index (κ3) is 2.55. The fraction of sp³-hybridized carbons (Fsp3) is 0.120. The highest BCUT2D eigenvalue weighted by molar-refractivity contribution is 6.27. The first kappa shape index (κ1) is 18.2. The largest absolute Gasteiger partial charge is 0.497 e. The predicted molar refractivity (Wildman–Crippen MR) is 116 cm³/mol. The van der Waals surface area contributed by atoms with Gasteiger partial charge in [-0.15, -0.1) is 0 Å². The Bertz CT molecular complexity index is 1310. The first-order chi connectivity index (χ1) is 14.7. The van der Waals surface area contributed by atoms with Crippen molar-refractivity contribution in [3.05, 3.63) is 71.8 Å². The molecule has 30 heavy (non-hydrogen) atoms. The van der Waals surface area contributed by atoms with Crippen molar-refractivity contribution >= 4 is 16.7 Å². The molecule has 0 atom stereocenters. The van der Waals surface area contributed by atoms with Crippen molar-refractivity contribution in [2.75, 3.05) is 21.3 Å². The highest BCUT2D eigenvalue weighted by Crippen LogP contribution is 2.47. The molecule has 5 rings (SSSR count). The second-order valence-electron chi connectivity index (χ2n) is 7.04. The summed E-state index contributed by atoms with van der Waals surface area (Å²) >= 11 is 0. The zero-order valence-electron chi connectivity index (χ0n) is 16.9. The topological polar surface area (TPSA) is 57.6 Å². The van der Waals surface area contributed by atoms with Crippen LogP contribution in [0.2, 0.25) is 0 Å². The molecule has 1 heterocycles. The number of nitrogens with zero attached hydrogens (tertiary/aromatic N) is 1. The summed E-state index contributed by atoms with van der Waals surface area (Å²) in [6, 6.07) is 18.9. The van der Waals surface area contributed by atoms with Crippen molar-refractivity contribution in [1.29, 1.82) is 0 Å². The van der Waals surface area contributed by atoms with Gasteiger partial charge in [-0.25, -0.2) is 4.98 Å². The van der Waals surface area contributed by atoms with Crippen molar-refractivity contribution < 1.29 is 19.0 Å². The monoisotopic (exact) mass is 397 g/mol. The first-order valence-electron chi connectivity index (χ1n) is 9.54. The van der Waals surface area contributed by atoms with E-state index in [2.05, 4.69) is 0 Å². The quantitative estimate of drug-likeness (QED) is 0.420. The van der Waals surface area contributed by atoms with Gasteiger partial charge in [-0.05, 0) is 17.7 Å². The molecule has 3 aromatic carbocycles. The Hall–Kier alpha value is -3.86. The minimum atomic E-state index is -0.0290. The van der Waals surface area contributed by atoms with Crippen LogP contribution in [0, 0.1) is 0 Å². The molecule has 148 valence electrons. The van der Waals surface area contributed by atoms with E-state index in [1.54, 1.807) is 21.3 Å². The van der Waals surface area contributed by atoms with Crippen molar-refractivity contribution in [1.82, 2.24) is 4.98 Å². The lowest BCUT2D eigenvalue weighted by molar-refractivity contribution is 0.104. The van der Waals surface area contributed by atoms with E-state index in [-0.39, 0.29) is 5.78 Å². The Labute approximate surface area is 173 Å². The molecule has 0 fully saturated rings. The summed E-state index contributed by atoms with van der Waals surface area (Å²) in [7, 11) is 4.84. The van der Waals surface area contributed by atoms with E-state index in [0.29, 0.717) is 33.8 Å². The van der Waals surface area contributed by atoms with Crippen LogP contribution in [0.4, 0.5) is 0 Å². The van der Waals surface area contributed by atoms with Gasteiger partial charge in [-0.2, -0.15) is 0 Å². The minimum absolute atomic E-state index is 0.0290. The summed E-state index contributed by atoms with van der Waals surface area (Å²) in [6.45, 7) is 0. The molecule has 0 saturated heterocycles. The molecular weight excluding hydrogens is 378 g/mol. The summed E-state index contributed by atoms with van der Waals surface area (Å²) in [5, 5.41) is 0.781. The van der Waals surface area contributed by atoms with Crippen molar-refractivity contribution in [2.45, 2.75) is 0 Å². The van der Waals surface area contributed by atoms with Crippen LogP contribution in [0.5, 0.6) is 17.2 Å². The second-order valence-corrected chi connectivity index (χ2v) is 7.04. The highest BCUT2D eigenvalue weighted by Gasteiger charge is 2.33. The lowest BCUT2D eigenvalue weighted by Gasteiger charge is -2.16. The fourth-order valence-corrected chi connectivity index (χ4v) is 4.10. The molecule has 0 saturated carbocycles. The van der Waals surface area contributed by atoms with Crippen LogP contribution in [-0.2, 0) is 0 Å². The normalized spacial score (nSPS) is 11.9. The molecular formula is C25H19NO4. The van der Waals surface area contributed by atoms with E-state index < -0.39 is 0 Å². The molecule has 0 N–H and O–H groups in total. The summed E-state index contributed by atoms with van der Waals surface area (Å²) in [4.78, 5) is 18.3. The molecule has 4 aromatic rings. The van der Waals surface area contributed by atoms with Gasteiger partial charge in [-0.3, -0.25) is 4.79 Å². The number of benzene rings is 3. The molecule has 0 aliphatic heterocycles. The number of hydrogen-bond acceptors (Lipinski definition) is 5. The second kappa shape index (κ2) is 6.88. The number of ether oxygens (including phenoxy) is 3. The number of methoxy groups -OCH3 is 3. The highest BCUT2D eigenvalue weighted by atomic mass is 16.5. The van der Waals surface area contributed by atoms with Crippen LogP contribution in [-0.4, -0.2) is 32.1 Å². The van der Waals surface area contributed by atoms with E-state index in [9.17, 15) is 4.79 Å². The Morgan fingerprint density at radius 3 is 2.10 bits per heavy atom. The van der Waals surface area contributed by atoms with Crippen LogP contribution >= 0.6 is 0 Å². The number of ketones is 1.